The molecule has 230 valence electrons. The van der Waals surface area contributed by atoms with Crippen LogP contribution in [0.2, 0.25) is 0 Å². The second kappa shape index (κ2) is 11.8. The van der Waals surface area contributed by atoms with Crippen LogP contribution in [0.4, 0.5) is 19.8 Å². The first kappa shape index (κ1) is 31.1. The number of aliphatic hydroxyl groups is 1. The maximum absolute atomic E-state index is 16.1. The lowest BCUT2D eigenvalue weighted by Gasteiger charge is -2.36. The molecule has 1 aromatic rings. The van der Waals surface area contributed by atoms with Crippen LogP contribution < -0.4 is 11.4 Å². The SMILES string of the molecule is CC(C)OC(=O)OCOP(=O)(OCOC(=O)OC(C)C)OC[C@@]1(C2CC2)O[C@H]2C(n3ccc(N)nc3=O)[C@]2(F)[C@@H]1O. The molecule has 0 bridgehead atoms. The van der Waals surface area contributed by atoms with Gasteiger partial charge in [-0.15, -0.1) is 0 Å². The zero-order chi connectivity index (χ0) is 30.2. The minimum Gasteiger partial charge on any atom is -0.432 e. The van der Waals surface area contributed by atoms with Gasteiger partial charge in [-0.2, -0.15) is 4.98 Å². The van der Waals surface area contributed by atoms with Gasteiger partial charge in [-0.3, -0.25) is 9.09 Å². The molecule has 3 fully saturated rings. The highest BCUT2D eigenvalue weighted by atomic mass is 31.2. The minimum absolute atomic E-state index is 0.0502. The van der Waals surface area contributed by atoms with Crippen molar-refractivity contribution in [2.45, 2.75) is 82.3 Å². The Morgan fingerprint density at radius 1 is 1.15 bits per heavy atom. The topological polar surface area (TPSA) is 206 Å². The fourth-order valence-corrected chi connectivity index (χ4v) is 5.56. The predicted octanol–water partition coefficient (Wildman–Crippen LogP) is 2.19. The second-order valence-corrected chi connectivity index (χ2v) is 12.0. The van der Waals surface area contributed by atoms with Crippen LogP contribution >= 0.6 is 7.82 Å². The number of aromatic nitrogens is 2. The molecule has 1 aliphatic heterocycles. The van der Waals surface area contributed by atoms with Crippen molar-refractivity contribution in [2.75, 3.05) is 25.9 Å². The third kappa shape index (κ3) is 6.65. The van der Waals surface area contributed by atoms with E-state index in [1.54, 1.807) is 27.7 Å². The van der Waals surface area contributed by atoms with Crippen LogP contribution in [0.5, 0.6) is 0 Å². The molecular formula is C23H33FN3O13P. The summed E-state index contributed by atoms with van der Waals surface area (Å²) in [6.07, 6.45) is -4.01. The Labute approximate surface area is 233 Å². The van der Waals surface area contributed by atoms with Gasteiger partial charge in [0.15, 0.2) is 5.67 Å². The van der Waals surface area contributed by atoms with Gasteiger partial charge in [0.2, 0.25) is 13.6 Å². The number of rotatable bonds is 13. The number of phosphoric ester groups is 1. The number of hydrogen-bond donors (Lipinski definition) is 2. The van der Waals surface area contributed by atoms with Crippen LogP contribution in [-0.2, 0) is 41.8 Å². The molecule has 0 aromatic carbocycles. The Balaban J connectivity index is 1.45. The largest absolute Gasteiger partial charge is 0.510 e. The van der Waals surface area contributed by atoms with E-state index in [4.69, 9.17) is 43.0 Å². The van der Waals surface area contributed by atoms with Gasteiger partial charge in [0.25, 0.3) is 0 Å². The molecule has 1 aromatic heterocycles. The zero-order valence-electron chi connectivity index (χ0n) is 22.8. The number of aliphatic hydroxyl groups excluding tert-OH is 1. The lowest BCUT2D eigenvalue weighted by atomic mass is 9.88. The number of ether oxygens (including phenoxy) is 5. The van der Waals surface area contributed by atoms with E-state index in [1.807, 2.05) is 0 Å². The number of anilines is 1. The number of carbonyl (C=O) groups is 2. The molecule has 18 heteroatoms. The summed E-state index contributed by atoms with van der Waals surface area (Å²) < 4.78 is 70.8. The van der Waals surface area contributed by atoms with Crippen LogP contribution in [0, 0.1) is 5.92 Å². The van der Waals surface area contributed by atoms with E-state index in [0.29, 0.717) is 12.8 Å². The predicted molar refractivity (Wildman–Crippen MR) is 133 cm³/mol. The smallest absolute Gasteiger partial charge is 0.432 e. The summed E-state index contributed by atoms with van der Waals surface area (Å²) in [4.78, 5) is 39.2. The molecule has 0 radical (unpaired) electrons. The first-order valence-corrected chi connectivity index (χ1v) is 14.3. The highest BCUT2D eigenvalue weighted by molar-refractivity contribution is 7.48. The van der Waals surface area contributed by atoms with Crippen LogP contribution in [0.1, 0.15) is 46.6 Å². The Morgan fingerprint density at radius 2 is 1.71 bits per heavy atom. The van der Waals surface area contributed by atoms with E-state index in [0.717, 1.165) is 4.57 Å². The maximum atomic E-state index is 16.1. The first-order valence-electron chi connectivity index (χ1n) is 12.8. The van der Waals surface area contributed by atoms with Gasteiger partial charge in [0.1, 0.15) is 29.7 Å². The number of fused-ring (bicyclic) bond motifs is 1. The van der Waals surface area contributed by atoms with Gasteiger partial charge in [0, 0.05) is 6.20 Å². The second-order valence-electron chi connectivity index (χ2n) is 10.3. The van der Waals surface area contributed by atoms with Crippen molar-refractivity contribution in [3.05, 3.63) is 22.7 Å². The molecule has 16 nitrogen and oxygen atoms in total. The number of carbonyl (C=O) groups excluding carboxylic acids is 2. The van der Waals surface area contributed by atoms with Gasteiger partial charge >= 0.3 is 25.8 Å². The van der Waals surface area contributed by atoms with Crippen LogP contribution in [0.3, 0.4) is 0 Å². The van der Waals surface area contributed by atoms with Gasteiger partial charge < -0.3 is 34.5 Å². The monoisotopic (exact) mass is 609 g/mol. The van der Waals surface area contributed by atoms with E-state index in [1.165, 1.54) is 12.3 Å². The summed E-state index contributed by atoms with van der Waals surface area (Å²) in [5, 5.41) is 11.2. The number of phosphoric acid groups is 1. The number of halogens is 1. The average molecular weight is 609 g/mol. The van der Waals surface area contributed by atoms with Crippen molar-refractivity contribution >= 4 is 26.0 Å². The molecule has 2 saturated carbocycles. The molecule has 3 aliphatic rings. The molecule has 3 N–H and O–H groups in total. The third-order valence-electron chi connectivity index (χ3n) is 6.60. The van der Waals surface area contributed by atoms with E-state index in [2.05, 4.69) is 4.98 Å². The van der Waals surface area contributed by atoms with Crippen LogP contribution in [-0.4, -0.2) is 82.8 Å². The summed E-state index contributed by atoms with van der Waals surface area (Å²) in [7, 11) is -4.71. The zero-order valence-corrected chi connectivity index (χ0v) is 23.7. The summed E-state index contributed by atoms with van der Waals surface area (Å²) in [6, 6.07) is 0.135. The summed E-state index contributed by atoms with van der Waals surface area (Å²) in [5.41, 5.74) is 0.625. The average Bonchev–Trinajstić information content (AvgIpc) is 3.77. The number of nitrogens with two attached hydrogens (primary N) is 1. The van der Waals surface area contributed by atoms with Gasteiger partial charge in [-0.25, -0.2) is 32.4 Å². The molecule has 0 spiro atoms. The molecule has 5 atom stereocenters. The van der Waals surface area contributed by atoms with Gasteiger partial charge in [-0.05, 0) is 52.5 Å². The van der Waals surface area contributed by atoms with E-state index in [9.17, 15) is 24.1 Å². The summed E-state index contributed by atoms with van der Waals surface area (Å²) >= 11 is 0. The Kier molecular flexibility index (Phi) is 8.97. The number of alkyl halides is 1. The molecule has 0 amide bonds. The molecule has 2 aliphatic carbocycles. The molecule has 1 unspecified atom stereocenters. The number of nitrogen functional groups attached to an aromatic ring is 1. The summed E-state index contributed by atoms with van der Waals surface area (Å²) in [6.45, 7) is 3.70. The molecule has 41 heavy (non-hydrogen) atoms. The molecule has 1 saturated heterocycles. The van der Waals surface area contributed by atoms with E-state index >= 15 is 4.39 Å². The normalized spacial score (nSPS) is 28.8. The van der Waals surface area contributed by atoms with E-state index < -0.39 is 87.7 Å². The minimum atomic E-state index is -4.71. The van der Waals surface area contributed by atoms with Crippen molar-refractivity contribution in [1.82, 2.24) is 9.55 Å². The van der Waals surface area contributed by atoms with Crippen molar-refractivity contribution in [2.24, 2.45) is 5.92 Å². The summed E-state index contributed by atoms with van der Waals surface area (Å²) in [5.74, 6) is -0.436. The number of nitrogens with zero attached hydrogens (tertiary/aromatic N) is 2. The fraction of sp³-hybridized carbons (Fsp3) is 0.739. The molecular weight excluding hydrogens is 576 g/mol. The maximum Gasteiger partial charge on any atom is 0.510 e. The first-order chi connectivity index (χ1) is 19.2. The van der Waals surface area contributed by atoms with Crippen molar-refractivity contribution < 1.29 is 60.9 Å². The van der Waals surface area contributed by atoms with Crippen LogP contribution in [0.25, 0.3) is 0 Å². The standard InChI is InChI=1S/C23H33FN3O13P/c1-12(2)38-20(30)33-10-36-41(32,37-11-34-21(31)39-13(3)4)35-9-22(14-5-6-14)18(28)23(24)16(17(23)40-22)27-8-7-15(25)26-19(27)29/h7-8,12-14,16-18,28H,5-6,9-11H2,1-4H3,(H2,25,26,29)/t16?,17-,18+,22-,23+/m0/s1. The highest BCUT2D eigenvalue weighted by Gasteiger charge is 2.84. The Morgan fingerprint density at radius 3 is 2.15 bits per heavy atom. The van der Waals surface area contributed by atoms with Crippen molar-refractivity contribution in [3.63, 3.8) is 0 Å². The molecule has 4 rings (SSSR count). The Bertz CT molecular complexity index is 1210. The number of hydrogen-bond acceptors (Lipinski definition) is 15. The van der Waals surface area contributed by atoms with E-state index in [-0.39, 0.29) is 11.7 Å². The lowest BCUT2D eigenvalue weighted by molar-refractivity contribution is -0.145. The lowest BCUT2D eigenvalue weighted by Crippen LogP contribution is -2.52. The fourth-order valence-electron chi connectivity index (χ4n) is 4.62. The van der Waals surface area contributed by atoms with Crippen LogP contribution in [0.15, 0.2) is 17.1 Å². The van der Waals surface area contributed by atoms with Gasteiger partial charge in [0.05, 0.1) is 18.8 Å². The van der Waals surface area contributed by atoms with Crippen molar-refractivity contribution in [1.29, 1.82) is 0 Å². The molecule has 2 heterocycles. The third-order valence-corrected chi connectivity index (χ3v) is 7.89. The van der Waals surface area contributed by atoms with Gasteiger partial charge in [-0.1, -0.05) is 0 Å². The highest BCUT2D eigenvalue weighted by Crippen LogP contribution is 2.68. The quantitative estimate of drug-likeness (QED) is 0.187. The van der Waals surface area contributed by atoms with Crippen molar-refractivity contribution in [3.8, 4) is 0 Å². The Hall–Kier alpha value is -2.82.